The second-order valence-corrected chi connectivity index (χ2v) is 3.27. The molecule has 1 aromatic rings. The minimum atomic E-state index is -4.97. The number of hydrogen-bond donors (Lipinski definition) is 0. The average molecular weight is 257 g/mol. The molecule has 0 bridgehead atoms. The molecule has 0 amide bonds. The van der Waals surface area contributed by atoms with Crippen LogP contribution < -0.4 is 4.74 Å². The molecule has 0 fully saturated rings. The van der Waals surface area contributed by atoms with Crippen molar-refractivity contribution in [2.24, 2.45) is 0 Å². The van der Waals surface area contributed by atoms with E-state index in [0.717, 1.165) is 6.92 Å². The molecule has 0 aromatic heterocycles. The maximum Gasteiger partial charge on any atom is 0.573 e. The van der Waals surface area contributed by atoms with E-state index in [1.54, 1.807) is 0 Å². The maximum absolute atomic E-state index is 12.9. The zero-order valence-electron chi connectivity index (χ0n) is 7.86. The zero-order chi connectivity index (χ0) is 12.5. The number of carbonyl (C=O) groups excluding carboxylic acids is 1. The second-order valence-electron chi connectivity index (χ2n) is 2.87. The van der Waals surface area contributed by atoms with E-state index >= 15 is 0 Å². The van der Waals surface area contributed by atoms with Crippen LogP contribution in [0.4, 0.5) is 17.6 Å². The van der Waals surface area contributed by atoms with Gasteiger partial charge in [-0.3, -0.25) is 4.79 Å². The van der Waals surface area contributed by atoms with Gasteiger partial charge in [0.05, 0.1) is 10.6 Å². The Morgan fingerprint density at radius 3 is 2.38 bits per heavy atom. The highest BCUT2D eigenvalue weighted by Crippen LogP contribution is 2.31. The molecule has 0 spiro atoms. The van der Waals surface area contributed by atoms with E-state index in [1.165, 1.54) is 0 Å². The topological polar surface area (TPSA) is 26.3 Å². The predicted molar refractivity (Wildman–Crippen MR) is 48.1 cm³/mol. The number of carbonyl (C=O) groups is 1. The van der Waals surface area contributed by atoms with Crippen molar-refractivity contribution in [3.63, 3.8) is 0 Å². The lowest BCUT2D eigenvalue weighted by Gasteiger charge is -2.12. The van der Waals surface area contributed by atoms with Crippen LogP contribution in [0.2, 0.25) is 5.02 Å². The summed E-state index contributed by atoms with van der Waals surface area (Å²) in [6.45, 7) is 0.992. The fourth-order valence-corrected chi connectivity index (χ4v) is 1.17. The third kappa shape index (κ3) is 3.10. The molecule has 16 heavy (non-hydrogen) atoms. The Kier molecular flexibility index (Phi) is 3.42. The number of Topliss-reactive ketones (excluding diaryl/α,β-unsaturated/α-hetero) is 1. The summed E-state index contributed by atoms with van der Waals surface area (Å²) in [5.41, 5.74) is -0.515. The van der Waals surface area contributed by atoms with Gasteiger partial charge in [-0.1, -0.05) is 11.6 Å². The highest BCUT2D eigenvalue weighted by Gasteiger charge is 2.33. The van der Waals surface area contributed by atoms with Gasteiger partial charge >= 0.3 is 6.36 Å². The Balaban J connectivity index is 3.25. The van der Waals surface area contributed by atoms with Crippen molar-refractivity contribution in [1.82, 2.24) is 0 Å². The van der Waals surface area contributed by atoms with Gasteiger partial charge in [0.15, 0.2) is 5.78 Å². The molecule has 7 heteroatoms. The molecule has 0 aliphatic carbocycles. The molecule has 0 atom stereocenters. The predicted octanol–water partition coefficient (Wildman–Crippen LogP) is 3.58. The van der Waals surface area contributed by atoms with Crippen LogP contribution in [0.15, 0.2) is 12.1 Å². The maximum atomic E-state index is 12.9. The Labute approximate surface area is 92.8 Å². The largest absolute Gasteiger partial charge is 0.573 e. The second kappa shape index (κ2) is 4.29. The zero-order valence-corrected chi connectivity index (χ0v) is 8.62. The monoisotopic (exact) mass is 256 g/mol. The number of ketones is 1. The molecule has 0 radical (unpaired) electrons. The molecule has 88 valence electrons. The number of benzene rings is 1. The summed E-state index contributed by atoms with van der Waals surface area (Å²) in [5, 5.41) is -0.552. The van der Waals surface area contributed by atoms with Gasteiger partial charge in [0, 0.05) is 6.07 Å². The van der Waals surface area contributed by atoms with E-state index in [2.05, 4.69) is 4.74 Å². The van der Waals surface area contributed by atoms with Gasteiger partial charge in [-0.25, -0.2) is 4.39 Å². The third-order valence-electron chi connectivity index (χ3n) is 1.63. The summed E-state index contributed by atoms with van der Waals surface area (Å²) < 4.78 is 52.3. The molecule has 0 N–H and O–H groups in total. The normalized spacial score (nSPS) is 11.4. The fourth-order valence-electron chi connectivity index (χ4n) is 1.01. The van der Waals surface area contributed by atoms with Gasteiger partial charge in [-0.15, -0.1) is 13.2 Å². The number of alkyl halides is 3. The average Bonchev–Trinajstić information content (AvgIpc) is 2.07. The number of ether oxygens (including phenoxy) is 1. The van der Waals surface area contributed by atoms with Crippen LogP contribution in [0.25, 0.3) is 0 Å². The molecule has 0 saturated heterocycles. The van der Waals surface area contributed by atoms with Gasteiger partial charge in [0.25, 0.3) is 0 Å². The van der Waals surface area contributed by atoms with Crippen molar-refractivity contribution in [2.75, 3.05) is 0 Å². The SMILES string of the molecule is CC(=O)c1cc(F)c(Cl)cc1OC(F)(F)F. The first-order valence-corrected chi connectivity index (χ1v) is 4.34. The molecule has 0 aliphatic rings. The lowest BCUT2D eigenvalue weighted by atomic mass is 10.1. The first-order valence-electron chi connectivity index (χ1n) is 3.96. The minimum absolute atomic E-state index is 0.515. The van der Waals surface area contributed by atoms with E-state index in [0.29, 0.717) is 12.1 Å². The Hall–Kier alpha value is -1.30. The first-order chi connectivity index (χ1) is 7.20. The number of rotatable bonds is 2. The van der Waals surface area contributed by atoms with Crippen LogP contribution in [0.1, 0.15) is 17.3 Å². The van der Waals surface area contributed by atoms with Crippen molar-refractivity contribution >= 4 is 17.4 Å². The molecule has 1 rings (SSSR count). The summed E-state index contributed by atoms with van der Waals surface area (Å²) in [6.07, 6.45) is -4.97. The molecule has 2 nitrogen and oxygen atoms in total. The van der Waals surface area contributed by atoms with Crippen molar-refractivity contribution in [3.05, 3.63) is 28.5 Å². The lowest BCUT2D eigenvalue weighted by molar-refractivity contribution is -0.274. The van der Waals surface area contributed by atoms with Gasteiger partial charge in [0.2, 0.25) is 0 Å². The van der Waals surface area contributed by atoms with Crippen molar-refractivity contribution in [1.29, 1.82) is 0 Å². The molecule has 0 aliphatic heterocycles. The van der Waals surface area contributed by atoms with Crippen LogP contribution >= 0.6 is 11.6 Å². The molecule has 0 saturated carbocycles. The third-order valence-corrected chi connectivity index (χ3v) is 1.92. The molecule has 0 unspecified atom stereocenters. The number of hydrogen-bond acceptors (Lipinski definition) is 2. The number of halogens is 5. The highest BCUT2D eigenvalue weighted by atomic mass is 35.5. The van der Waals surface area contributed by atoms with E-state index in [4.69, 9.17) is 11.6 Å². The van der Waals surface area contributed by atoms with Gasteiger partial charge in [-0.05, 0) is 13.0 Å². The van der Waals surface area contributed by atoms with Gasteiger partial charge < -0.3 is 4.74 Å². The molecule has 1 aromatic carbocycles. The van der Waals surface area contributed by atoms with Crippen molar-refractivity contribution in [3.8, 4) is 5.75 Å². The van der Waals surface area contributed by atoms with Gasteiger partial charge in [-0.2, -0.15) is 0 Å². The molecular formula is C9H5ClF4O2. The summed E-state index contributed by atoms with van der Waals surface area (Å²) in [5.74, 6) is -2.55. The lowest BCUT2D eigenvalue weighted by Crippen LogP contribution is -2.19. The van der Waals surface area contributed by atoms with Crippen molar-refractivity contribution in [2.45, 2.75) is 13.3 Å². The Morgan fingerprint density at radius 2 is 1.94 bits per heavy atom. The summed E-state index contributed by atoms with van der Waals surface area (Å²) in [7, 11) is 0. The van der Waals surface area contributed by atoms with Crippen LogP contribution in [-0.4, -0.2) is 12.1 Å². The Bertz CT molecular complexity index is 428. The van der Waals surface area contributed by atoms with E-state index in [-0.39, 0.29) is 0 Å². The van der Waals surface area contributed by atoms with E-state index < -0.39 is 34.3 Å². The summed E-state index contributed by atoms with van der Waals surface area (Å²) in [4.78, 5) is 11.0. The highest BCUT2D eigenvalue weighted by molar-refractivity contribution is 6.31. The summed E-state index contributed by atoms with van der Waals surface area (Å²) in [6, 6.07) is 1.22. The van der Waals surface area contributed by atoms with E-state index in [9.17, 15) is 22.4 Å². The molecular weight excluding hydrogens is 252 g/mol. The summed E-state index contributed by atoms with van der Waals surface area (Å²) >= 11 is 5.29. The smallest absolute Gasteiger partial charge is 0.405 e. The van der Waals surface area contributed by atoms with Crippen LogP contribution in [-0.2, 0) is 0 Å². The quantitative estimate of drug-likeness (QED) is 0.597. The van der Waals surface area contributed by atoms with Crippen LogP contribution in [0.5, 0.6) is 5.75 Å². The minimum Gasteiger partial charge on any atom is -0.405 e. The van der Waals surface area contributed by atoms with Crippen LogP contribution in [0.3, 0.4) is 0 Å². The first kappa shape index (κ1) is 12.8. The standard InChI is InChI=1S/C9H5ClF4O2/c1-4(15)5-2-7(11)6(10)3-8(5)16-9(12,13)14/h2-3H,1H3. The molecule has 0 heterocycles. The Morgan fingerprint density at radius 1 is 1.38 bits per heavy atom. The fraction of sp³-hybridized carbons (Fsp3) is 0.222. The van der Waals surface area contributed by atoms with Crippen molar-refractivity contribution < 1.29 is 27.1 Å². The van der Waals surface area contributed by atoms with E-state index in [1.807, 2.05) is 0 Å². The van der Waals surface area contributed by atoms with Gasteiger partial charge in [0.1, 0.15) is 11.6 Å². The van der Waals surface area contributed by atoms with Crippen LogP contribution in [0, 0.1) is 5.82 Å².